The first kappa shape index (κ1) is 18.2. The van der Waals surface area contributed by atoms with E-state index < -0.39 is 0 Å². The number of amides is 2. The Kier molecular flexibility index (Phi) is 5.25. The van der Waals surface area contributed by atoms with E-state index in [9.17, 15) is 9.59 Å². The quantitative estimate of drug-likeness (QED) is 0.811. The highest BCUT2D eigenvalue weighted by atomic mass is 32.2. The number of hydrogen-bond acceptors (Lipinski definition) is 4. The Labute approximate surface area is 163 Å². The summed E-state index contributed by atoms with van der Waals surface area (Å²) in [5, 5.41) is 0.298. The Bertz CT molecular complexity index is 803. The van der Waals surface area contributed by atoms with Crippen LogP contribution in [-0.2, 0) is 9.59 Å². The standard InChI is InChI=1S/C21H24N2O3S/c1-15-4-6-17(7-5-15)23-14-16(13-20(23)24)21(25)22-9-8-19(27-12-10-22)18-3-2-11-26-18/h2-7,11,16,19H,8-10,12-14H2,1H3. The van der Waals surface area contributed by atoms with E-state index in [-0.39, 0.29) is 17.7 Å². The maximum Gasteiger partial charge on any atom is 0.228 e. The van der Waals surface area contributed by atoms with Gasteiger partial charge in [0, 0.05) is 37.5 Å². The molecule has 1 aromatic carbocycles. The van der Waals surface area contributed by atoms with Crippen molar-refractivity contribution in [3.8, 4) is 0 Å². The minimum Gasteiger partial charge on any atom is -0.468 e. The van der Waals surface area contributed by atoms with Crippen molar-refractivity contribution in [3.63, 3.8) is 0 Å². The second kappa shape index (κ2) is 7.80. The summed E-state index contributed by atoms with van der Waals surface area (Å²) in [6.07, 6.45) is 2.89. The molecule has 2 amide bonds. The van der Waals surface area contributed by atoms with Gasteiger partial charge in [-0.3, -0.25) is 9.59 Å². The molecule has 2 fully saturated rings. The Balaban J connectivity index is 1.39. The predicted molar refractivity (Wildman–Crippen MR) is 107 cm³/mol. The van der Waals surface area contributed by atoms with Crippen LogP contribution in [0.5, 0.6) is 0 Å². The number of anilines is 1. The summed E-state index contributed by atoms with van der Waals surface area (Å²) in [5.74, 6) is 1.77. The lowest BCUT2D eigenvalue weighted by atomic mass is 10.1. The zero-order valence-corrected chi connectivity index (χ0v) is 16.3. The first-order valence-corrected chi connectivity index (χ1v) is 10.5. The second-order valence-corrected chi connectivity index (χ2v) is 8.54. The van der Waals surface area contributed by atoms with Crippen molar-refractivity contribution < 1.29 is 14.0 Å². The smallest absolute Gasteiger partial charge is 0.228 e. The fourth-order valence-electron chi connectivity index (χ4n) is 3.80. The number of nitrogens with zero attached hydrogens (tertiary/aromatic N) is 2. The van der Waals surface area contributed by atoms with E-state index in [2.05, 4.69) is 0 Å². The highest BCUT2D eigenvalue weighted by Crippen LogP contribution is 2.35. The van der Waals surface area contributed by atoms with E-state index in [0.717, 1.165) is 35.7 Å². The van der Waals surface area contributed by atoms with Crippen LogP contribution < -0.4 is 4.90 Å². The lowest BCUT2D eigenvalue weighted by Crippen LogP contribution is -2.38. The summed E-state index contributed by atoms with van der Waals surface area (Å²) in [7, 11) is 0. The van der Waals surface area contributed by atoms with Crippen LogP contribution in [-0.4, -0.2) is 42.1 Å². The van der Waals surface area contributed by atoms with E-state index in [1.54, 1.807) is 11.2 Å². The van der Waals surface area contributed by atoms with Crippen LogP contribution >= 0.6 is 11.8 Å². The first-order valence-electron chi connectivity index (χ1n) is 9.42. The van der Waals surface area contributed by atoms with Gasteiger partial charge in [0.2, 0.25) is 11.8 Å². The van der Waals surface area contributed by atoms with Gasteiger partial charge in [-0.25, -0.2) is 0 Å². The molecule has 6 heteroatoms. The Hall–Kier alpha value is -2.21. The second-order valence-electron chi connectivity index (χ2n) is 7.23. The number of aryl methyl sites for hydroxylation is 1. The van der Waals surface area contributed by atoms with Gasteiger partial charge in [0.25, 0.3) is 0 Å². The molecular formula is C21H24N2O3S. The average Bonchev–Trinajstić information content (AvgIpc) is 3.27. The van der Waals surface area contributed by atoms with Gasteiger partial charge in [0.15, 0.2) is 0 Å². The minimum atomic E-state index is -0.246. The van der Waals surface area contributed by atoms with Gasteiger partial charge in [-0.1, -0.05) is 17.7 Å². The molecule has 4 rings (SSSR count). The van der Waals surface area contributed by atoms with Crippen LogP contribution in [0.4, 0.5) is 5.69 Å². The largest absolute Gasteiger partial charge is 0.468 e. The molecule has 0 radical (unpaired) electrons. The summed E-state index contributed by atoms with van der Waals surface area (Å²) < 4.78 is 5.53. The van der Waals surface area contributed by atoms with Gasteiger partial charge in [-0.05, 0) is 37.6 Å². The molecule has 3 heterocycles. The number of thioether (sulfide) groups is 1. The normalized spacial score (nSPS) is 23.5. The van der Waals surface area contributed by atoms with E-state index in [4.69, 9.17) is 4.42 Å². The van der Waals surface area contributed by atoms with Crippen LogP contribution in [0, 0.1) is 12.8 Å². The van der Waals surface area contributed by atoms with E-state index in [0.29, 0.717) is 24.8 Å². The summed E-state index contributed by atoms with van der Waals surface area (Å²) in [4.78, 5) is 29.2. The van der Waals surface area contributed by atoms with E-state index in [1.165, 1.54) is 0 Å². The summed E-state index contributed by atoms with van der Waals surface area (Å²) in [6.45, 7) is 3.95. The number of rotatable bonds is 3. The highest BCUT2D eigenvalue weighted by molar-refractivity contribution is 7.99. The van der Waals surface area contributed by atoms with Crippen molar-refractivity contribution in [3.05, 3.63) is 54.0 Å². The SMILES string of the molecule is Cc1ccc(N2CC(C(=O)N3CCSC(c4ccco4)CC3)CC2=O)cc1. The van der Waals surface area contributed by atoms with Crippen LogP contribution in [0.3, 0.4) is 0 Å². The van der Waals surface area contributed by atoms with Gasteiger partial charge >= 0.3 is 0 Å². The number of benzene rings is 1. The summed E-state index contributed by atoms with van der Waals surface area (Å²) >= 11 is 1.84. The summed E-state index contributed by atoms with van der Waals surface area (Å²) in [6, 6.07) is 11.8. The van der Waals surface area contributed by atoms with Gasteiger partial charge in [-0.2, -0.15) is 0 Å². The van der Waals surface area contributed by atoms with Gasteiger partial charge in [0.1, 0.15) is 5.76 Å². The molecule has 0 saturated carbocycles. The number of carbonyl (C=O) groups excluding carboxylic acids is 2. The number of hydrogen-bond donors (Lipinski definition) is 0. The molecule has 2 saturated heterocycles. The van der Waals surface area contributed by atoms with Gasteiger partial charge in [0.05, 0.1) is 17.4 Å². The fourth-order valence-corrected chi connectivity index (χ4v) is 4.98. The third kappa shape index (κ3) is 3.90. The monoisotopic (exact) mass is 384 g/mol. The van der Waals surface area contributed by atoms with E-state index in [1.807, 2.05) is 60.0 Å². The molecule has 2 atom stereocenters. The van der Waals surface area contributed by atoms with Crippen LogP contribution in [0.25, 0.3) is 0 Å². The van der Waals surface area contributed by atoms with Crippen molar-refractivity contribution in [2.75, 3.05) is 30.3 Å². The topological polar surface area (TPSA) is 53.8 Å². The average molecular weight is 385 g/mol. The number of carbonyl (C=O) groups is 2. The Morgan fingerprint density at radius 1 is 1.19 bits per heavy atom. The lowest BCUT2D eigenvalue weighted by molar-refractivity contribution is -0.135. The fraction of sp³-hybridized carbons (Fsp3) is 0.429. The highest BCUT2D eigenvalue weighted by Gasteiger charge is 2.37. The van der Waals surface area contributed by atoms with Crippen molar-refractivity contribution in [2.45, 2.75) is 25.0 Å². The molecule has 0 spiro atoms. The predicted octanol–water partition coefficient (Wildman–Crippen LogP) is 3.65. The molecule has 2 unspecified atom stereocenters. The van der Waals surface area contributed by atoms with Crippen molar-refractivity contribution >= 4 is 29.3 Å². The van der Waals surface area contributed by atoms with Crippen molar-refractivity contribution in [2.24, 2.45) is 5.92 Å². The maximum atomic E-state index is 13.0. The molecule has 27 heavy (non-hydrogen) atoms. The zero-order valence-electron chi connectivity index (χ0n) is 15.5. The molecule has 2 aliphatic heterocycles. The van der Waals surface area contributed by atoms with Crippen molar-refractivity contribution in [1.29, 1.82) is 0 Å². The third-order valence-electron chi connectivity index (χ3n) is 5.33. The lowest BCUT2D eigenvalue weighted by Gasteiger charge is -2.24. The first-order chi connectivity index (χ1) is 13.1. The maximum absolute atomic E-state index is 13.0. The van der Waals surface area contributed by atoms with E-state index >= 15 is 0 Å². The molecule has 5 nitrogen and oxygen atoms in total. The minimum absolute atomic E-state index is 0.0369. The molecule has 142 valence electrons. The van der Waals surface area contributed by atoms with Crippen LogP contribution in [0.2, 0.25) is 0 Å². The number of furan rings is 1. The molecule has 0 bridgehead atoms. The zero-order chi connectivity index (χ0) is 18.8. The Morgan fingerprint density at radius 3 is 2.74 bits per heavy atom. The molecule has 2 aromatic rings. The van der Waals surface area contributed by atoms with Crippen LogP contribution in [0.15, 0.2) is 47.1 Å². The van der Waals surface area contributed by atoms with Gasteiger partial charge < -0.3 is 14.2 Å². The molecular weight excluding hydrogens is 360 g/mol. The molecule has 2 aliphatic rings. The van der Waals surface area contributed by atoms with Gasteiger partial charge in [-0.15, -0.1) is 11.8 Å². The Morgan fingerprint density at radius 2 is 2.00 bits per heavy atom. The third-order valence-corrected chi connectivity index (χ3v) is 6.62. The molecule has 0 aliphatic carbocycles. The van der Waals surface area contributed by atoms with Crippen molar-refractivity contribution in [1.82, 2.24) is 4.90 Å². The molecule has 0 N–H and O–H groups in total. The van der Waals surface area contributed by atoms with Crippen LogP contribution in [0.1, 0.15) is 29.4 Å². The summed E-state index contributed by atoms with van der Waals surface area (Å²) in [5.41, 5.74) is 2.04. The molecule has 1 aromatic heterocycles.